The van der Waals surface area contributed by atoms with Gasteiger partial charge in [-0.15, -0.1) is 0 Å². The fraction of sp³-hybridized carbons (Fsp3) is 0.643. The Kier molecular flexibility index (Phi) is 4.76. The molecule has 6 nitrogen and oxygen atoms in total. The van der Waals surface area contributed by atoms with Gasteiger partial charge in [-0.25, -0.2) is 9.97 Å². The molecule has 1 atom stereocenters. The van der Waals surface area contributed by atoms with E-state index in [-0.39, 0.29) is 18.1 Å². The van der Waals surface area contributed by atoms with E-state index in [4.69, 9.17) is 4.74 Å². The Bertz CT molecular complexity index is 464. The van der Waals surface area contributed by atoms with Crippen LogP contribution in [0.4, 0.5) is 5.82 Å². The average molecular weight is 278 g/mol. The standard InChI is InChI=1S/C14H22N4O2/c1-10(2)20-14-13(15-6-7-16-14)18-8-4-5-12(9-18)17-11(3)19/h6-7,10,12H,4-5,8-9H2,1-3H3,(H,17,19). The Morgan fingerprint density at radius 1 is 1.45 bits per heavy atom. The molecular formula is C14H22N4O2. The predicted molar refractivity (Wildman–Crippen MR) is 76.8 cm³/mol. The first kappa shape index (κ1) is 14.6. The van der Waals surface area contributed by atoms with Crippen molar-refractivity contribution in [1.82, 2.24) is 15.3 Å². The van der Waals surface area contributed by atoms with Crippen LogP contribution in [0.25, 0.3) is 0 Å². The van der Waals surface area contributed by atoms with Crippen molar-refractivity contribution >= 4 is 11.7 Å². The summed E-state index contributed by atoms with van der Waals surface area (Å²) in [5.74, 6) is 1.33. The van der Waals surface area contributed by atoms with E-state index in [1.165, 1.54) is 0 Å². The summed E-state index contributed by atoms with van der Waals surface area (Å²) in [6.07, 6.45) is 5.38. The molecule has 1 saturated heterocycles. The first-order valence-corrected chi connectivity index (χ1v) is 7.06. The highest BCUT2D eigenvalue weighted by Crippen LogP contribution is 2.26. The third-order valence-corrected chi connectivity index (χ3v) is 3.12. The lowest BCUT2D eigenvalue weighted by Crippen LogP contribution is -2.47. The second kappa shape index (κ2) is 6.54. The lowest BCUT2D eigenvalue weighted by molar-refractivity contribution is -0.119. The maximum Gasteiger partial charge on any atom is 0.257 e. The number of rotatable bonds is 4. The van der Waals surface area contributed by atoms with E-state index in [0.717, 1.165) is 31.7 Å². The number of anilines is 1. The van der Waals surface area contributed by atoms with Crippen LogP contribution in [-0.4, -0.2) is 41.1 Å². The molecule has 1 aliphatic rings. The topological polar surface area (TPSA) is 67.4 Å². The van der Waals surface area contributed by atoms with Crippen molar-refractivity contribution in [3.05, 3.63) is 12.4 Å². The number of amides is 1. The predicted octanol–water partition coefficient (Wildman–Crippen LogP) is 1.37. The Morgan fingerprint density at radius 2 is 2.20 bits per heavy atom. The first-order valence-electron chi connectivity index (χ1n) is 7.06. The van der Waals surface area contributed by atoms with E-state index in [9.17, 15) is 4.79 Å². The van der Waals surface area contributed by atoms with Gasteiger partial charge in [0.25, 0.3) is 5.88 Å². The number of ether oxygens (including phenoxy) is 1. The summed E-state index contributed by atoms with van der Waals surface area (Å²) in [4.78, 5) is 22.0. The number of nitrogens with zero attached hydrogens (tertiary/aromatic N) is 3. The van der Waals surface area contributed by atoms with Gasteiger partial charge < -0.3 is 15.0 Å². The fourth-order valence-electron chi connectivity index (χ4n) is 2.42. The van der Waals surface area contributed by atoms with Crippen LogP contribution in [0.2, 0.25) is 0 Å². The van der Waals surface area contributed by atoms with Crippen molar-refractivity contribution in [3.8, 4) is 5.88 Å². The summed E-state index contributed by atoms with van der Waals surface area (Å²) in [5.41, 5.74) is 0. The monoisotopic (exact) mass is 278 g/mol. The summed E-state index contributed by atoms with van der Waals surface area (Å²) in [5, 5.41) is 2.97. The highest BCUT2D eigenvalue weighted by atomic mass is 16.5. The minimum Gasteiger partial charge on any atom is -0.472 e. The Hall–Kier alpha value is -1.85. The van der Waals surface area contributed by atoms with Gasteiger partial charge in [0.2, 0.25) is 5.91 Å². The molecule has 1 fully saturated rings. The van der Waals surface area contributed by atoms with Gasteiger partial charge in [0, 0.05) is 38.4 Å². The van der Waals surface area contributed by atoms with Gasteiger partial charge in [-0.1, -0.05) is 0 Å². The van der Waals surface area contributed by atoms with Crippen LogP contribution < -0.4 is 15.0 Å². The number of nitrogens with one attached hydrogen (secondary N) is 1. The molecule has 1 aliphatic heterocycles. The second-order valence-corrected chi connectivity index (χ2v) is 5.34. The molecular weight excluding hydrogens is 256 g/mol. The SMILES string of the molecule is CC(=O)NC1CCCN(c2nccnc2OC(C)C)C1. The lowest BCUT2D eigenvalue weighted by atomic mass is 10.1. The fourth-order valence-corrected chi connectivity index (χ4v) is 2.42. The van der Waals surface area contributed by atoms with Crippen molar-refractivity contribution in [2.75, 3.05) is 18.0 Å². The van der Waals surface area contributed by atoms with Crippen LogP contribution in [0.15, 0.2) is 12.4 Å². The highest BCUT2D eigenvalue weighted by molar-refractivity contribution is 5.73. The van der Waals surface area contributed by atoms with Crippen LogP contribution in [0.5, 0.6) is 5.88 Å². The van der Waals surface area contributed by atoms with Crippen LogP contribution >= 0.6 is 0 Å². The molecule has 0 aliphatic carbocycles. The Balaban J connectivity index is 2.12. The van der Waals surface area contributed by atoms with E-state index < -0.39 is 0 Å². The van der Waals surface area contributed by atoms with Gasteiger partial charge in [0.1, 0.15) is 0 Å². The normalized spacial score (nSPS) is 19.0. The van der Waals surface area contributed by atoms with E-state index in [1.54, 1.807) is 19.3 Å². The van der Waals surface area contributed by atoms with E-state index in [1.807, 2.05) is 13.8 Å². The van der Waals surface area contributed by atoms with Crippen molar-refractivity contribution in [2.45, 2.75) is 45.8 Å². The molecule has 0 bridgehead atoms. The average Bonchev–Trinajstić information content (AvgIpc) is 2.38. The number of carbonyl (C=O) groups excluding carboxylic acids is 1. The van der Waals surface area contributed by atoms with Gasteiger partial charge in [0.15, 0.2) is 5.82 Å². The molecule has 0 aromatic carbocycles. The number of piperidine rings is 1. The zero-order valence-corrected chi connectivity index (χ0v) is 12.3. The van der Waals surface area contributed by atoms with E-state index >= 15 is 0 Å². The van der Waals surface area contributed by atoms with E-state index in [2.05, 4.69) is 20.2 Å². The molecule has 2 heterocycles. The van der Waals surface area contributed by atoms with Gasteiger partial charge in [-0.3, -0.25) is 4.79 Å². The first-order chi connectivity index (χ1) is 9.56. The molecule has 0 saturated carbocycles. The summed E-state index contributed by atoms with van der Waals surface area (Å²) >= 11 is 0. The zero-order chi connectivity index (χ0) is 14.5. The van der Waals surface area contributed by atoms with Gasteiger partial charge >= 0.3 is 0 Å². The molecule has 20 heavy (non-hydrogen) atoms. The summed E-state index contributed by atoms with van der Waals surface area (Å²) in [6.45, 7) is 7.13. The van der Waals surface area contributed by atoms with Crippen LogP contribution in [-0.2, 0) is 4.79 Å². The van der Waals surface area contributed by atoms with Crippen LogP contribution in [0.1, 0.15) is 33.6 Å². The van der Waals surface area contributed by atoms with Crippen molar-refractivity contribution in [2.24, 2.45) is 0 Å². The Labute approximate surface area is 119 Å². The largest absolute Gasteiger partial charge is 0.472 e. The number of aromatic nitrogens is 2. The summed E-state index contributed by atoms with van der Waals surface area (Å²) in [7, 11) is 0. The molecule has 0 spiro atoms. The molecule has 2 rings (SSSR count). The number of carbonyl (C=O) groups is 1. The molecule has 6 heteroatoms. The third-order valence-electron chi connectivity index (χ3n) is 3.12. The maximum atomic E-state index is 11.2. The number of hydrogen-bond acceptors (Lipinski definition) is 5. The maximum absolute atomic E-state index is 11.2. The molecule has 1 unspecified atom stereocenters. The quantitative estimate of drug-likeness (QED) is 0.901. The highest BCUT2D eigenvalue weighted by Gasteiger charge is 2.24. The molecule has 1 amide bonds. The van der Waals surface area contributed by atoms with E-state index in [0.29, 0.717) is 5.88 Å². The third kappa shape index (κ3) is 3.82. The minimum absolute atomic E-state index is 0.00893. The minimum atomic E-state index is 0.00893. The summed E-state index contributed by atoms with van der Waals surface area (Å²) in [6, 6.07) is 0.162. The van der Waals surface area contributed by atoms with Crippen molar-refractivity contribution < 1.29 is 9.53 Å². The molecule has 1 aromatic rings. The van der Waals surface area contributed by atoms with Crippen molar-refractivity contribution in [1.29, 1.82) is 0 Å². The molecule has 1 aromatic heterocycles. The Morgan fingerprint density at radius 3 is 2.90 bits per heavy atom. The van der Waals surface area contributed by atoms with Gasteiger partial charge in [-0.2, -0.15) is 0 Å². The number of hydrogen-bond donors (Lipinski definition) is 1. The molecule has 1 N–H and O–H groups in total. The smallest absolute Gasteiger partial charge is 0.257 e. The zero-order valence-electron chi connectivity index (χ0n) is 12.3. The lowest BCUT2D eigenvalue weighted by Gasteiger charge is -2.34. The second-order valence-electron chi connectivity index (χ2n) is 5.34. The summed E-state index contributed by atoms with van der Waals surface area (Å²) < 4.78 is 5.71. The van der Waals surface area contributed by atoms with Crippen LogP contribution in [0.3, 0.4) is 0 Å². The van der Waals surface area contributed by atoms with Crippen molar-refractivity contribution in [3.63, 3.8) is 0 Å². The van der Waals surface area contributed by atoms with Gasteiger partial charge in [-0.05, 0) is 26.7 Å². The molecule has 0 radical (unpaired) electrons. The van der Waals surface area contributed by atoms with Gasteiger partial charge in [0.05, 0.1) is 6.10 Å². The van der Waals surface area contributed by atoms with Crippen LogP contribution in [0, 0.1) is 0 Å². The molecule has 110 valence electrons.